The van der Waals surface area contributed by atoms with Gasteiger partial charge in [-0.15, -0.1) is 0 Å². The van der Waals surface area contributed by atoms with E-state index in [1.54, 1.807) is 4.90 Å². The average molecular weight is 367 g/mol. The maximum absolute atomic E-state index is 12.7. The SMILES string of the molecule is CNCCCC(=O)N1CCN(S(=O)(=O)c2ccc(C(C)=O)cc2)CC1. The average Bonchev–Trinajstić information content (AvgIpc) is 2.62. The van der Waals surface area contributed by atoms with Crippen molar-refractivity contribution >= 4 is 21.7 Å². The van der Waals surface area contributed by atoms with Gasteiger partial charge in [0, 0.05) is 38.2 Å². The van der Waals surface area contributed by atoms with Gasteiger partial charge in [0.1, 0.15) is 0 Å². The lowest BCUT2D eigenvalue weighted by atomic mass is 10.2. The Kier molecular flexibility index (Phi) is 6.69. The lowest BCUT2D eigenvalue weighted by Gasteiger charge is -2.34. The molecule has 1 fully saturated rings. The highest BCUT2D eigenvalue weighted by Gasteiger charge is 2.29. The minimum atomic E-state index is -3.60. The van der Waals surface area contributed by atoms with Crippen LogP contribution in [0.1, 0.15) is 30.1 Å². The highest BCUT2D eigenvalue weighted by molar-refractivity contribution is 7.89. The van der Waals surface area contributed by atoms with Crippen molar-refractivity contribution in [1.29, 1.82) is 0 Å². The van der Waals surface area contributed by atoms with Gasteiger partial charge >= 0.3 is 0 Å². The number of hydrogen-bond donors (Lipinski definition) is 1. The quantitative estimate of drug-likeness (QED) is 0.567. The van der Waals surface area contributed by atoms with Crippen LogP contribution in [0.2, 0.25) is 0 Å². The molecule has 25 heavy (non-hydrogen) atoms. The Balaban J connectivity index is 1.96. The standard InChI is InChI=1S/C17H25N3O4S/c1-14(21)15-5-7-16(8-6-15)25(23,24)20-12-10-19(11-13-20)17(22)4-3-9-18-2/h5-8,18H,3-4,9-13H2,1-2H3. The first kappa shape index (κ1) is 19.6. The number of rotatable bonds is 7. The van der Waals surface area contributed by atoms with Gasteiger partial charge in [-0.25, -0.2) is 8.42 Å². The van der Waals surface area contributed by atoms with Gasteiger partial charge in [-0.2, -0.15) is 4.31 Å². The molecule has 2 rings (SSSR count). The summed E-state index contributed by atoms with van der Waals surface area (Å²) >= 11 is 0. The van der Waals surface area contributed by atoms with Gasteiger partial charge in [0.05, 0.1) is 4.90 Å². The van der Waals surface area contributed by atoms with E-state index in [4.69, 9.17) is 0 Å². The summed E-state index contributed by atoms with van der Waals surface area (Å²) in [5.41, 5.74) is 0.482. The molecule has 7 nitrogen and oxygen atoms in total. The number of carbonyl (C=O) groups is 2. The van der Waals surface area contributed by atoms with Gasteiger partial charge in [-0.1, -0.05) is 12.1 Å². The van der Waals surface area contributed by atoms with E-state index in [9.17, 15) is 18.0 Å². The van der Waals surface area contributed by atoms with Crippen molar-refractivity contribution in [2.75, 3.05) is 39.8 Å². The number of benzene rings is 1. The first-order valence-electron chi connectivity index (χ1n) is 8.40. The molecule has 1 N–H and O–H groups in total. The number of piperazine rings is 1. The smallest absolute Gasteiger partial charge is 0.243 e. The molecule has 1 aromatic carbocycles. The lowest BCUT2D eigenvalue weighted by molar-refractivity contribution is -0.132. The molecule has 0 spiro atoms. The van der Waals surface area contributed by atoms with E-state index in [1.165, 1.54) is 35.5 Å². The highest BCUT2D eigenvalue weighted by atomic mass is 32.2. The largest absolute Gasteiger partial charge is 0.340 e. The summed E-state index contributed by atoms with van der Waals surface area (Å²) in [5.74, 6) is -0.0348. The third-order valence-corrected chi connectivity index (χ3v) is 6.22. The number of sulfonamides is 1. The van der Waals surface area contributed by atoms with Gasteiger partial charge in [0.25, 0.3) is 0 Å². The first-order valence-corrected chi connectivity index (χ1v) is 9.84. The van der Waals surface area contributed by atoms with Crippen LogP contribution in [0.3, 0.4) is 0 Å². The maximum Gasteiger partial charge on any atom is 0.243 e. The normalized spacial score (nSPS) is 16.0. The second-order valence-corrected chi connectivity index (χ2v) is 8.01. The van der Waals surface area contributed by atoms with Crippen molar-refractivity contribution in [3.63, 3.8) is 0 Å². The molecule has 0 saturated carbocycles. The molecule has 0 atom stereocenters. The molecule has 1 aliphatic heterocycles. The van der Waals surface area contributed by atoms with Gasteiger partial charge in [-0.3, -0.25) is 9.59 Å². The summed E-state index contributed by atoms with van der Waals surface area (Å²) in [6, 6.07) is 5.97. The number of nitrogens with zero attached hydrogens (tertiary/aromatic N) is 2. The zero-order valence-corrected chi connectivity index (χ0v) is 15.5. The van der Waals surface area contributed by atoms with Crippen LogP contribution in [-0.4, -0.2) is 69.1 Å². The van der Waals surface area contributed by atoms with Crippen LogP contribution in [0.15, 0.2) is 29.2 Å². The van der Waals surface area contributed by atoms with Crippen molar-refractivity contribution in [3.8, 4) is 0 Å². The first-order chi connectivity index (χ1) is 11.9. The fourth-order valence-corrected chi connectivity index (χ4v) is 4.19. The van der Waals surface area contributed by atoms with Crippen molar-refractivity contribution in [2.24, 2.45) is 0 Å². The number of ketones is 1. The third kappa shape index (κ3) is 4.87. The molecule has 138 valence electrons. The van der Waals surface area contributed by atoms with Gasteiger partial charge < -0.3 is 10.2 Å². The van der Waals surface area contributed by atoms with E-state index in [0.29, 0.717) is 25.1 Å². The molecule has 0 bridgehead atoms. The molecule has 0 radical (unpaired) electrons. The molecule has 0 aromatic heterocycles. The van der Waals surface area contributed by atoms with Gasteiger partial charge in [0.2, 0.25) is 15.9 Å². The molecular weight excluding hydrogens is 342 g/mol. The van der Waals surface area contributed by atoms with Crippen molar-refractivity contribution in [1.82, 2.24) is 14.5 Å². The molecule has 1 amide bonds. The monoisotopic (exact) mass is 367 g/mol. The second-order valence-electron chi connectivity index (χ2n) is 6.07. The van der Waals surface area contributed by atoms with Crippen LogP contribution >= 0.6 is 0 Å². The fourth-order valence-electron chi connectivity index (χ4n) is 2.76. The Labute approximate surface area is 149 Å². The summed E-state index contributed by atoms with van der Waals surface area (Å²) in [5, 5.41) is 3.00. The summed E-state index contributed by atoms with van der Waals surface area (Å²) in [7, 11) is -1.76. The molecule has 1 aliphatic rings. The van der Waals surface area contributed by atoms with E-state index in [0.717, 1.165) is 13.0 Å². The molecule has 1 aromatic rings. The fraction of sp³-hybridized carbons (Fsp3) is 0.529. The molecule has 1 heterocycles. The minimum Gasteiger partial charge on any atom is -0.340 e. The van der Waals surface area contributed by atoms with Crippen LogP contribution in [0.25, 0.3) is 0 Å². The Morgan fingerprint density at radius 3 is 2.20 bits per heavy atom. The number of amides is 1. The zero-order chi connectivity index (χ0) is 18.4. The number of carbonyl (C=O) groups excluding carboxylic acids is 2. The second kappa shape index (κ2) is 8.55. The third-order valence-electron chi connectivity index (χ3n) is 4.31. The lowest BCUT2D eigenvalue weighted by Crippen LogP contribution is -2.50. The zero-order valence-electron chi connectivity index (χ0n) is 14.7. The summed E-state index contributed by atoms with van der Waals surface area (Å²) in [6.45, 7) is 3.61. The predicted molar refractivity (Wildman–Crippen MR) is 94.9 cm³/mol. The van der Waals surface area contributed by atoms with Gasteiger partial charge in [0.15, 0.2) is 5.78 Å². The Hall–Kier alpha value is -1.77. The van der Waals surface area contributed by atoms with Crippen LogP contribution in [-0.2, 0) is 14.8 Å². The van der Waals surface area contributed by atoms with Crippen LogP contribution in [0.5, 0.6) is 0 Å². The molecular formula is C17H25N3O4S. The summed E-state index contributed by atoms with van der Waals surface area (Å²) < 4.78 is 26.8. The molecule has 1 saturated heterocycles. The van der Waals surface area contributed by atoms with Crippen molar-refractivity contribution < 1.29 is 18.0 Å². The molecule has 0 unspecified atom stereocenters. The van der Waals surface area contributed by atoms with E-state index in [-0.39, 0.29) is 29.7 Å². The maximum atomic E-state index is 12.7. The van der Waals surface area contributed by atoms with Crippen LogP contribution < -0.4 is 5.32 Å². The Morgan fingerprint density at radius 2 is 1.68 bits per heavy atom. The molecule has 8 heteroatoms. The van der Waals surface area contributed by atoms with Crippen LogP contribution in [0.4, 0.5) is 0 Å². The number of hydrogen-bond acceptors (Lipinski definition) is 5. The molecule has 0 aliphatic carbocycles. The van der Waals surface area contributed by atoms with Crippen LogP contribution in [0, 0.1) is 0 Å². The van der Waals surface area contributed by atoms with E-state index < -0.39 is 10.0 Å². The summed E-state index contributed by atoms with van der Waals surface area (Å²) in [4.78, 5) is 25.3. The topological polar surface area (TPSA) is 86.8 Å². The Morgan fingerprint density at radius 1 is 1.08 bits per heavy atom. The number of nitrogens with one attached hydrogen (secondary N) is 1. The van der Waals surface area contributed by atoms with E-state index >= 15 is 0 Å². The van der Waals surface area contributed by atoms with Crippen molar-refractivity contribution in [2.45, 2.75) is 24.7 Å². The Bertz CT molecular complexity index is 708. The van der Waals surface area contributed by atoms with E-state index in [1.807, 2.05) is 7.05 Å². The minimum absolute atomic E-state index is 0.0677. The highest BCUT2D eigenvalue weighted by Crippen LogP contribution is 2.19. The summed E-state index contributed by atoms with van der Waals surface area (Å²) in [6.07, 6.45) is 1.25. The predicted octanol–water partition coefficient (Wildman–Crippen LogP) is 0.722. The van der Waals surface area contributed by atoms with E-state index in [2.05, 4.69) is 5.32 Å². The van der Waals surface area contributed by atoms with Crippen molar-refractivity contribution in [3.05, 3.63) is 29.8 Å². The number of Topliss-reactive ketones (excluding diaryl/α,β-unsaturated/α-hetero) is 1. The van der Waals surface area contributed by atoms with Gasteiger partial charge in [-0.05, 0) is 39.1 Å².